The highest BCUT2D eigenvalue weighted by Gasteiger charge is 2.21. The summed E-state index contributed by atoms with van der Waals surface area (Å²) < 4.78 is 17.4. The van der Waals surface area contributed by atoms with Crippen LogP contribution in [-0.4, -0.2) is 34.2 Å². The largest absolute Gasteiger partial charge is 0.493 e. The second-order valence-electron chi connectivity index (χ2n) is 7.21. The summed E-state index contributed by atoms with van der Waals surface area (Å²) in [5.41, 5.74) is 14.2. The number of nitrogens with two attached hydrogens (primary N) is 2. The molecule has 4 N–H and O–H groups in total. The van der Waals surface area contributed by atoms with Crippen molar-refractivity contribution in [1.29, 1.82) is 0 Å². The molecule has 0 aliphatic rings. The molecule has 0 unspecified atom stereocenters. The maximum absolute atomic E-state index is 6.39. The van der Waals surface area contributed by atoms with Gasteiger partial charge in [-0.25, -0.2) is 9.97 Å². The highest BCUT2D eigenvalue weighted by Crippen LogP contribution is 2.44. The third-order valence-corrected chi connectivity index (χ3v) is 5.23. The first-order chi connectivity index (χ1) is 16.1. The number of anilines is 2. The van der Waals surface area contributed by atoms with E-state index in [1.54, 1.807) is 51.1 Å². The summed E-state index contributed by atoms with van der Waals surface area (Å²) >= 11 is 0. The zero-order valence-corrected chi connectivity index (χ0v) is 17.9. The van der Waals surface area contributed by atoms with Gasteiger partial charge in [-0.1, -0.05) is 0 Å². The fourth-order valence-electron chi connectivity index (χ4n) is 3.71. The van der Waals surface area contributed by atoms with Crippen molar-refractivity contribution < 1.29 is 14.2 Å². The average molecular weight is 440 g/mol. The van der Waals surface area contributed by atoms with Crippen molar-refractivity contribution in [1.82, 2.24) is 19.9 Å². The average Bonchev–Trinajstić information content (AvgIpc) is 2.84. The van der Waals surface area contributed by atoms with Crippen molar-refractivity contribution in [3.8, 4) is 34.3 Å². The van der Waals surface area contributed by atoms with Crippen LogP contribution in [-0.2, 0) is 0 Å². The van der Waals surface area contributed by atoms with E-state index in [1.165, 1.54) is 0 Å². The molecule has 0 saturated carbocycles. The number of nitrogen functional groups attached to an aromatic ring is 2. The standard InChI is InChI=1S/C24H20N6O3/c1-31-18-9-15-17(10-19(18)32-2)29-12-16-21(15)23(33-14-5-7-28-20(25)8-14)22(30-24(16)26)13-4-3-6-27-11-13/h3-12H,1-2H3,(H2,25,28)(H2,26,30). The lowest BCUT2D eigenvalue weighted by molar-refractivity contribution is 0.356. The molecule has 0 fully saturated rings. The molecular formula is C24H20N6O3. The Kier molecular flexibility index (Phi) is 4.98. The van der Waals surface area contributed by atoms with Crippen LogP contribution in [0.5, 0.6) is 23.0 Å². The fourth-order valence-corrected chi connectivity index (χ4v) is 3.71. The van der Waals surface area contributed by atoms with Gasteiger partial charge in [0.1, 0.15) is 23.1 Å². The molecule has 0 saturated heterocycles. The molecular weight excluding hydrogens is 420 g/mol. The number of ether oxygens (including phenoxy) is 3. The van der Waals surface area contributed by atoms with E-state index in [0.29, 0.717) is 51.2 Å². The molecule has 0 spiro atoms. The molecule has 0 aliphatic carbocycles. The maximum Gasteiger partial charge on any atom is 0.162 e. The Morgan fingerprint density at radius 2 is 1.67 bits per heavy atom. The van der Waals surface area contributed by atoms with Gasteiger partial charge in [-0.15, -0.1) is 0 Å². The van der Waals surface area contributed by atoms with Crippen molar-refractivity contribution in [2.75, 3.05) is 25.7 Å². The van der Waals surface area contributed by atoms with Gasteiger partial charge < -0.3 is 25.7 Å². The summed E-state index contributed by atoms with van der Waals surface area (Å²) in [6.07, 6.45) is 6.64. The maximum atomic E-state index is 6.39. The fraction of sp³-hybridized carbons (Fsp3) is 0.0833. The Bertz CT molecular complexity index is 1490. The van der Waals surface area contributed by atoms with Crippen LogP contribution in [0.3, 0.4) is 0 Å². The van der Waals surface area contributed by atoms with Crippen LogP contribution < -0.4 is 25.7 Å². The number of hydrogen-bond acceptors (Lipinski definition) is 9. The smallest absolute Gasteiger partial charge is 0.162 e. The number of benzene rings is 1. The van der Waals surface area contributed by atoms with Crippen LogP contribution in [0.15, 0.2) is 61.2 Å². The Hall–Kier alpha value is -4.66. The molecule has 4 heterocycles. The predicted molar refractivity (Wildman–Crippen MR) is 127 cm³/mol. The third-order valence-electron chi connectivity index (χ3n) is 5.23. The lowest BCUT2D eigenvalue weighted by Gasteiger charge is -2.17. The van der Waals surface area contributed by atoms with Crippen molar-refractivity contribution in [3.63, 3.8) is 0 Å². The molecule has 0 radical (unpaired) electrons. The second kappa shape index (κ2) is 8.12. The zero-order chi connectivity index (χ0) is 22.9. The molecule has 0 bridgehead atoms. The SMILES string of the molecule is COc1cc2ncc3c(N)nc(-c4cccnc4)c(Oc4ccnc(N)c4)c3c2cc1OC. The van der Waals surface area contributed by atoms with Gasteiger partial charge in [-0.3, -0.25) is 9.97 Å². The summed E-state index contributed by atoms with van der Waals surface area (Å²) in [4.78, 5) is 17.5. The summed E-state index contributed by atoms with van der Waals surface area (Å²) in [5, 5.41) is 2.13. The molecule has 9 nitrogen and oxygen atoms in total. The zero-order valence-electron chi connectivity index (χ0n) is 17.9. The van der Waals surface area contributed by atoms with E-state index in [4.69, 9.17) is 25.7 Å². The molecule has 9 heteroatoms. The van der Waals surface area contributed by atoms with Crippen LogP contribution in [0.4, 0.5) is 11.6 Å². The van der Waals surface area contributed by atoms with Gasteiger partial charge in [-0.2, -0.15) is 0 Å². The van der Waals surface area contributed by atoms with Crippen LogP contribution >= 0.6 is 0 Å². The van der Waals surface area contributed by atoms with Gasteiger partial charge in [0.25, 0.3) is 0 Å². The van der Waals surface area contributed by atoms with Crippen molar-refractivity contribution in [2.24, 2.45) is 0 Å². The molecule has 1 aromatic carbocycles. The molecule has 164 valence electrons. The van der Waals surface area contributed by atoms with E-state index >= 15 is 0 Å². The quantitative estimate of drug-likeness (QED) is 0.386. The normalized spacial score (nSPS) is 11.0. The van der Waals surface area contributed by atoms with Crippen LogP contribution in [0, 0.1) is 0 Å². The van der Waals surface area contributed by atoms with Crippen molar-refractivity contribution in [3.05, 3.63) is 61.2 Å². The van der Waals surface area contributed by atoms with Gasteiger partial charge in [0.05, 0.1) is 19.7 Å². The Balaban J connectivity index is 1.91. The van der Waals surface area contributed by atoms with E-state index in [0.717, 1.165) is 16.3 Å². The highest BCUT2D eigenvalue weighted by molar-refractivity contribution is 6.14. The van der Waals surface area contributed by atoms with Crippen molar-refractivity contribution in [2.45, 2.75) is 0 Å². The van der Waals surface area contributed by atoms with Gasteiger partial charge in [0, 0.05) is 58.6 Å². The summed E-state index contributed by atoms with van der Waals surface area (Å²) in [5.74, 6) is 2.76. The number of aromatic nitrogens is 4. The number of methoxy groups -OCH3 is 2. The van der Waals surface area contributed by atoms with E-state index in [-0.39, 0.29) is 0 Å². The number of rotatable bonds is 5. The number of pyridine rings is 4. The number of fused-ring (bicyclic) bond motifs is 3. The minimum absolute atomic E-state index is 0.314. The molecule has 4 aromatic heterocycles. The lowest BCUT2D eigenvalue weighted by atomic mass is 10.0. The summed E-state index contributed by atoms with van der Waals surface area (Å²) in [7, 11) is 3.16. The second-order valence-corrected chi connectivity index (χ2v) is 7.21. The van der Waals surface area contributed by atoms with Crippen LogP contribution in [0.2, 0.25) is 0 Å². The van der Waals surface area contributed by atoms with Crippen LogP contribution in [0.25, 0.3) is 32.9 Å². The predicted octanol–water partition coefficient (Wildman–Crippen LogP) is 4.21. The minimum Gasteiger partial charge on any atom is -0.493 e. The van der Waals surface area contributed by atoms with E-state index in [2.05, 4.69) is 19.9 Å². The molecule has 5 rings (SSSR count). The van der Waals surface area contributed by atoms with E-state index < -0.39 is 0 Å². The first-order valence-corrected chi connectivity index (χ1v) is 10.0. The topological polar surface area (TPSA) is 131 Å². The third kappa shape index (κ3) is 3.55. The molecule has 0 atom stereocenters. The number of hydrogen-bond donors (Lipinski definition) is 2. The first-order valence-electron chi connectivity index (χ1n) is 10.0. The molecule has 5 aromatic rings. The Morgan fingerprint density at radius 1 is 0.848 bits per heavy atom. The van der Waals surface area contributed by atoms with E-state index in [1.807, 2.05) is 24.3 Å². The monoisotopic (exact) mass is 440 g/mol. The summed E-state index contributed by atoms with van der Waals surface area (Å²) in [6, 6.07) is 10.7. The van der Waals surface area contributed by atoms with Gasteiger partial charge in [-0.05, 0) is 24.3 Å². The highest BCUT2D eigenvalue weighted by atomic mass is 16.5. The van der Waals surface area contributed by atoms with Gasteiger partial charge >= 0.3 is 0 Å². The minimum atomic E-state index is 0.314. The Labute approximate surface area is 189 Å². The van der Waals surface area contributed by atoms with Crippen LogP contribution in [0.1, 0.15) is 0 Å². The molecule has 33 heavy (non-hydrogen) atoms. The van der Waals surface area contributed by atoms with Gasteiger partial charge in [0.2, 0.25) is 0 Å². The summed E-state index contributed by atoms with van der Waals surface area (Å²) in [6.45, 7) is 0. The molecule has 0 aliphatic heterocycles. The Morgan fingerprint density at radius 3 is 2.39 bits per heavy atom. The number of nitrogens with zero attached hydrogens (tertiary/aromatic N) is 4. The van der Waals surface area contributed by atoms with Crippen molar-refractivity contribution >= 4 is 33.3 Å². The lowest BCUT2D eigenvalue weighted by Crippen LogP contribution is -2.01. The first kappa shape index (κ1) is 20.3. The van der Waals surface area contributed by atoms with Gasteiger partial charge in [0.15, 0.2) is 17.2 Å². The van der Waals surface area contributed by atoms with E-state index in [9.17, 15) is 0 Å². The molecule has 0 amide bonds.